The number of hydrogen-bond acceptors (Lipinski definition) is 3. The maximum Gasteiger partial charge on any atom is 0.0549 e. The molecule has 0 spiro atoms. The van der Waals surface area contributed by atoms with Crippen molar-refractivity contribution in [3.8, 4) is 0 Å². The first kappa shape index (κ1) is 17.1. The second-order valence-electron chi connectivity index (χ2n) is 6.63. The fourth-order valence-electron chi connectivity index (χ4n) is 3.39. The van der Waals surface area contributed by atoms with Crippen LogP contribution < -0.4 is 0 Å². The highest BCUT2D eigenvalue weighted by Crippen LogP contribution is 2.19. The van der Waals surface area contributed by atoms with Crippen LogP contribution in [0.1, 0.15) is 11.1 Å². The second kappa shape index (κ2) is 7.90. The molecule has 0 N–H and O–H groups in total. The van der Waals surface area contributed by atoms with Gasteiger partial charge in [-0.25, -0.2) is 0 Å². The quantitative estimate of drug-likeness (QED) is 0.628. The van der Waals surface area contributed by atoms with E-state index in [9.17, 15) is 0 Å². The summed E-state index contributed by atoms with van der Waals surface area (Å²) in [5.41, 5.74) is 2.36. The van der Waals surface area contributed by atoms with E-state index in [1.54, 1.807) is 0 Å². The summed E-state index contributed by atoms with van der Waals surface area (Å²) < 4.78 is 0. The van der Waals surface area contributed by atoms with Crippen LogP contribution in [0.5, 0.6) is 0 Å². The number of piperazine rings is 1. The van der Waals surface area contributed by atoms with Gasteiger partial charge in [0, 0.05) is 43.3 Å². The van der Waals surface area contributed by atoms with E-state index in [2.05, 4.69) is 58.4 Å². The van der Waals surface area contributed by atoms with Crippen LogP contribution in [0.15, 0.2) is 71.8 Å². The van der Waals surface area contributed by atoms with E-state index < -0.39 is 0 Å². The zero-order valence-electron chi connectivity index (χ0n) is 14.7. The molecule has 0 aromatic heterocycles. The lowest BCUT2D eigenvalue weighted by Crippen LogP contribution is -2.43. The first-order valence-electron chi connectivity index (χ1n) is 9.02. The number of fused-ring (bicyclic) bond motifs is 1. The molecule has 1 heterocycles. The molecule has 0 aliphatic carbocycles. The van der Waals surface area contributed by atoms with Gasteiger partial charge in [-0.3, -0.25) is 9.91 Å². The van der Waals surface area contributed by atoms with Crippen LogP contribution in [0.25, 0.3) is 10.8 Å². The van der Waals surface area contributed by atoms with Crippen LogP contribution in [-0.4, -0.2) is 42.3 Å². The van der Waals surface area contributed by atoms with E-state index in [1.165, 1.54) is 21.9 Å². The molecule has 0 amide bonds. The van der Waals surface area contributed by atoms with Gasteiger partial charge in [-0.1, -0.05) is 72.3 Å². The van der Waals surface area contributed by atoms with Gasteiger partial charge < -0.3 is 0 Å². The van der Waals surface area contributed by atoms with E-state index in [1.807, 2.05) is 24.4 Å². The van der Waals surface area contributed by atoms with Crippen molar-refractivity contribution < 1.29 is 0 Å². The third-order valence-electron chi connectivity index (χ3n) is 4.88. The van der Waals surface area contributed by atoms with Crippen molar-refractivity contribution in [3.05, 3.63) is 82.9 Å². The summed E-state index contributed by atoms with van der Waals surface area (Å²) in [5.74, 6) is 0. The Morgan fingerprint density at radius 3 is 2.42 bits per heavy atom. The average Bonchev–Trinajstić information content (AvgIpc) is 2.69. The first-order chi connectivity index (χ1) is 12.8. The molecular formula is C22H22ClN3. The molecule has 0 atom stereocenters. The molecule has 4 rings (SSSR count). The molecule has 3 nitrogen and oxygen atoms in total. The molecule has 0 saturated carbocycles. The summed E-state index contributed by atoms with van der Waals surface area (Å²) >= 11 is 6.28. The lowest BCUT2D eigenvalue weighted by Gasteiger charge is -2.33. The van der Waals surface area contributed by atoms with Crippen LogP contribution in [-0.2, 0) is 6.54 Å². The van der Waals surface area contributed by atoms with Crippen molar-refractivity contribution in [2.24, 2.45) is 5.10 Å². The van der Waals surface area contributed by atoms with Crippen molar-refractivity contribution in [3.63, 3.8) is 0 Å². The minimum Gasteiger partial charge on any atom is -0.295 e. The standard InChI is InChI=1S/C22H22ClN3/c23-22-11-4-2-7-20(22)17-25-12-14-26(15-13-25)24-16-19-9-5-8-18-6-1-3-10-21(18)19/h1-11,16H,12-15,17H2/b24-16+. The Morgan fingerprint density at radius 1 is 0.846 bits per heavy atom. The van der Waals surface area contributed by atoms with E-state index in [0.29, 0.717) is 0 Å². The zero-order valence-corrected chi connectivity index (χ0v) is 15.4. The minimum absolute atomic E-state index is 0.851. The van der Waals surface area contributed by atoms with Crippen LogP contribution in [0.4, 0.5) is 0 Å². The number of nitrogens with zero attached hydrogens (tertiary/aromatic N) is 3. The maximum atomic E-state index is 6.28. The van der Waals surface area contributed by atoms with Gasteiger partial charge in [-0.15, -0.1) is 0 Å². The molecule has 1 saturated heterocycles. The Kier molecular flexibility index (Phi) is 5.19. The predicted octanol–water partition coefficient (Wildman–Crippen LogP) is 4.64. The van der Waals surface area contributed by atoms with Gasteiger partial charge in [0.05, 0.1) is 6.21 Å². The largest absolute Gasteiger partial charge is 0.295 e. The maximum absolute atomic E-state index is 6.28. The lowest BCUT2D eigenvalue weighted by molar-refractivity contribution is 0.131. The van der Waals surface area contributed by atoms with Crippen LogP contribution in [0.2, 0.25) is 5.02 Å². The van der Waals surface area contributed by atoms with Gasteiger partial charge in [0.2, 0.25) is 0 Å². The Balaban J connectivity index is 1.38. The second-order valence-corrected chi connectivity index (χ2v) is 7.04. The van der Waals surface area contributed by atoms with Crippen LogP contribution >= 0.6 is 11.6 Å². The third kappa shape index (κ3) is 3.90. The fraction of sp³-hybridized carbons (Fsp3) is 0.227. The number of halogens is 1. The molecule has 0 bridgehead atoms. The van der Waals surface area contributed by atoms with Crippen LogP contribution in [0, 0.1) is 0 Å². The molecule has 3 aromatic rings. The van der Waals surface area contributed by atoms with Crippen LogP contribution in [0.3, 0.4) is 0 Å². The molecule has 1 fully saturated rings. The molecule has 26 heavy (non-hydrogen) atoms. The Bertz CT molecular complexity index is 909. The molecule has 0 unspecified atom stereocenters. The molecule has 4 heteroatoms. The highest BCUT2D eigenvalue weighted by molar-refractivity contribution is 6.31. The molecular weight excluding hydrogens is 342 g/mol. The number of hydrogen-bond donors (Lipinski definition) is 0. The van der Waals surface area contributed by atoms with Crippen molar-refractivity contribution in [2.45, 2.75) is 6.54 Å². The molecule has 132 valence electrons. The first-order valence-corrected chi connectivity index (χ1v) is 9.40. The summed E-state index contributed by atoms with van der Waals surface area (Å²) in [6.45, 7) is 4.77. The van der Waals surface area contributed by atoms with Gasteiger partial charge in [0.25, 0.3) is 0 Å². The molecule has 1 aliphatic rings. The van der Waals surface area contributed by atoms with E-state index in [4.69, 9.17) is 16.7 Å². The summed E-state index contributed by atoms with van der Waals surface area (Å²) in [5, 5.41) is 10.2. The highest BCUT2D eigenvalue weighted by atomic mass is 35.5. The summed E-state index contributed by atoms with van der Waals surface area (Å²) in [7, 11) is 0. The highest BCUT2D eigenvalue weighted by Gasteiger charge is 2.16. The Hall–Kier alpha value is -2.36. The number of hydrazone groups is 1. The third-order valence-corrected chi connectivity index (χ3v) is 5.25. The van der Waals surface area contributed by atoms with Gasteiger partial charge in [0.1, 0.15) is 0 Å². The lowest BCUT2D eigenvalue weighted by atomic mass is 10.1. The average molecular weight is 364 g/mol. The van der Waals surface area contributed by atoms with Crippen molar-refractivity contribution in [2.75, 3.05) is 26.2 Å². The van der Waals surface area contributed by atoms with Crippen molar-refractivity contribution >= 4 is 28.6 Å². The molecule has 1 aliphatic heterocycles. The molecule has 3 aromatic carbocycles. The van der Waals surface area contributed by atoms with Gasteiger partial charge >= 0.3 is 0 Å². The Morgan fingerprint density at radius 2 is 1.58 bits per heavy atom. The van der Waals surface area contributed by atoms with E-state index in [-0.39, 0.29) is 0 Å². The van der Waals surface area contributed by atoms with Gasteiger partial charge in [0.15, 0.2) is 0 Å². The smallest absolute Gasteiger partial charge is 0.0549 e. The molecule has 0 radical (unpaired) electrons. The number of benzene rings is 3. The monoisotopic (exact) mass is 363 g/mol. The topological polar surface area (TPSA) is 18.8 Å². The Labute approximate surface area is 159 Å². The normalized spacial score (nSPS) is 15.8. The van der Waals surface area contributed by atoms with E-state index >= 15 is 0 Å². The fourth-order valence-corrected chi connectivity index (χ4v) is 3.58. The zero-order chi connectivity index (χ0) is 17.8. The predicted molar refractivity (Wildman–Crippen MR) is 110 cm³/mol. The summed E-state index contributed by atoms with van der Waals surface area (Å²) in [6, 6.07) is 22.9. The van der Waals surface area contributed by atoms with E-state index in [0.717, 1.165) is 37.7 Å². The van der Waals surface area contributed by atoms with Crippen molar-refractivity contribution in [1.29, 1.82) is 0 Å². The summed E-state index contributed by atoms with van der Waals surface area (Å²) in [4.78, 5) is 2.44. The van der Waals surface area contributed by atoms with Gasteiger partial charge in [-0.05, 0) is 22.4 Å². The minimum atomic E-state index is 0.851. The summed E-state index contributed by atoms with van der Waals surface area (Å²) in [6.07, 6.45) is 1.99. The number of rotatable bonds is 4. The van der Waals surface area contributed by atoms with Gasteiger partial charge in [-0.2, -0.15) is 5.10 Å². The van der Waals surface area contributed by atoms with Crippen molar-refractivity contribution in [1.82, 2.24) is 9.91 Å². The SMILES string of the molecule is Clc1ccccc1CN1CCN(/N=C/c2cccc3ccccc23)CC1.